The third kappa shape index (κ3) is 1.71. The van der Waals surface area contributed by atoms with Gasteiger partial charge < -0.3 is 4.57 Å². The summed E-state index contributed by atoms with van der Waals surface area (Å²) in [6.45, 7) is 0. The Bertz CT molecular complexity index is 663. The maximum atomic E-state index is 4.25. The summed E-state index contributed by atoms with van der Waals surface area (Å²) in [6.07, 6.45) is 6.98. The quantitative estimate of drug-likeness (QED) is 0.623. The third-order valence-corrected chi connectivity index (χ3v) is 2.66. The van der Waals surface area contributed by atoms with Crippen LogP contribution in [-0.2, 0) is 7.05 Å². The molecule has 5 nitrogen and oxygen atoms in total. The molecule has 17 heavy (non-hydrogen) atoms. The fourth-order valence-electron chi connectivity index (χ4n) is 1.86. The van der Waals surface area contributed by atoms with Gasteiger partial charge in [-0.05, 0) is 6.07 Å². The van der Waals surface area contributed by atoms with E-state index in [0.29, 0.717) is 0 Å². The molecule has 0 aliphatic heterocycles. The molecule has 0 N–H and O–H groups in total. The molecule has 0 saturated heterocycles. The fraction of sp³-hybridized carbons (Fsp3) is 0.0833. The van der Waals surface area contributed by atoms with Crippen molar-refractivity contribution in [2.45, 2.75) is 0 Å². The second kappa shape index (κ2) is 3.86. The molecule has 0 bridgehead atoms. The lowest BCUT2D eigenvalue weighted by molar-refractivity contribution is 0.878. The number of fused-ring (bicyclic) bond motifs is 1. The van der Waals surface area contributed by atoms with E-state index in [4.69, 9.17) is 0 Å². The van der Waals surface area contributed by atoms with E-state index in [1.54, 1.807) is 17.3 Å². The van der Waals surface area contributed by atoms with E-state index < -0.39 is 0 Å². The van der Waals surface area contributed by atoms with Crippen LogP contribution < -0.4 is 0 Å². The number of hydrogen-bond acceptors (Lipinski definition) is 3. The highest BCUT2D eigenvalue weighted by atomic mass is 15.4. The Morgan fingerprint density at radius 2 is 1.94 bits per heavy atom. The van der Waals surface area contributed by atoms with Gasteiger partial charge in [-0.25, -0.2) is 4.68 Å². The molecular weight excluding hydrogens is 214 g/mol. The van der Waals surface area contributed by atoms with E-state index in [1.165, 1.54) is 10.9 Å². The lowest BCUT2D eigenvalue weighted by atomic mass is 10.2. The minimum atomic E-state index is 1.08. The molecule has 0 amide bonds. The van der Waals surface area contributed by atoms with Crippen molar-refractivity contribution in [1.82, 2.24) is 19.4 Å². The number of benzene rings is 1. The van der Waals surface area contributed by atoms with Crippen molar-refractivity contribution in [2.75, 3.05) is 0 Å². The number of aryl methyl sites for hydroxylation is 1. The summed E-state index contributed by atoms with van der Waals surface area (Å²) >= 11 is 0. The highest BCUT2D eigenvalue weighted by molar-refractivity contribution is 5.99. The van der Waals surface area contributed by atoms with Crippen molar-refractivity contribution in [3.63, 3.8) is 0 Å². The molecule has 0 unspecified atom stereocenters. The maximum absolute atomic E-state index is 4.25. The minimum Gasteiger partial charge on any atom is -0.350 e. The van der Waals surface area contributed by atoms with Crippen LogP contribution >= 0.6 is 0 Å². The van der Waals surface area contributed by atoms with Gasteiger partial charge in [0.15, 0.2) is 0 Å². The monoisotopic (exact) mass is 225 g/mol. The van der Waals surface area contributed by atoms with Gasteiger partial charge in [-0.1, -0.05) is 18.2 Å². The van der Waals surface area contributed by atoms with Crippen LogP contribution in [0, 0.1) is 0 Å². The van der Waals surface area contributed by atoms with E-state index in [-0.39, 0.29) is 0 Å². The van der Waals surface area contributed by atoms with Crippen LogP contribution in [0.5, 0.6) is 0 Å². The standard InChI is InChI=1S/C12H11N5/c1-16-7-10(6-15-17-8-13-14-9-17)11-4-2-3-5-12(11)16/h2-9H,1H3/b15-6-. The van der Waals surface area contributed by atoms with Crippen LogP contribution in [0.15, 0.2) is 48.2 Å². The van der Waals surface area contributed by atoms with Gasteiger partial charge in [0.1, 0.15) is 12.7 Å². The number of rotatable bonds is 2. The zero-order chi connectivity index (χ0) is 11.7. The molecule has 0 saturated carbocycles. The molecule has 0 fully saturated rings. The Morgan fingerprint density at radius 1 is 1.18 bits per heavy atom. The molecule has 3 rings (SSSR count). The van der Waals surface area contributed by atoms with Gasteiger partial charge in [0.05, 0.1) is 6.21 Å². The summed E-state index contributed by atoms with van der Waals surface area (Å²) in [5.74, 6) is 0. The van der Waals surface area contributed by atoms with Crippen LogP contribution in [-0.4, -0.2) is 25.7 Å². The zero-order valence-corrected chi connectivity index (χ0v) is 9.35. The second-order valence-electron chi connectivity index (χ2n) is 3.80. The smallest absolute Gasteiger partial charge is 0.141 e. The largest absolute Gasteiger partial charge is 0.350 e. The summed E-state index contributed by atoms with van der Waals surface area (Å²) in [6, 6.07) is 8.23. The second-order valence-corrected chi connectivity index (χ2v) is 3.80. The highest BCUT2D eigenvalue weighted by Gasteiger charge is 2.02. The fourth-order valence-corrected chi connectivity index (χ4v) is 1.86. The zero-order valence-electron chi connectivity index (χ0n) is 9.35. The van der Waals surface area contributed by atoms with Gasteiger partial charge in [0.2, 0.25) is 0 Å². The van der Waals surface area contributed by atoms with E-state index in [0.717, 1.165) is 5.56 Å². The first kappa shape index (κ1) is 9.77. The Hall–Kier alpha value is -2.43. The van der Waals surface area contributed by atoms with Crippen molar-refractivity contribution in [3.05, 3.63) is 48.7 Å². The average molecular weight is 225 g/mol. The molecule has 5 heteroatoms. The molecule has 0 radical (unpaired) electrons. The molecule has 3 aromatic rings. The molecule has 0 aliphatic rings. The van der Waals surface area contributed by atoms with Gasteiger partial charge in [-0.15, -0.1) is 10.2 Å². The summed E-state index contributed by atoms with van der Waals surface area (Å²) in [5.41, 5.74) is 2.27. The van der Waals surface area contributed by atoms with E-state index >= 15 is 0 Å². The first-order chi connectivity index (χ1) is 8.34. The van der Waals surface area contributed by atoms with E-state index in [1.807, 2.05) is 25.4 Å². The average Bonchev–Trinajstić information content (AvgIpc) is 2.96. The van der Waals surface area contributed by atoms with Crippen molar-refractivity contribution >= 4 is 17.1 Å². The van der Waals surface area contributed by atoms with E-state index in [9.17, 15) is 0 Å². The Labute approximate surface area is 98.0 Å². The van der Waals surface area contributed by atoms with Gasteiger partial charge in [0.25, 0.3) is 0 Å². The van der Waals surface area contributed by atoms with Crippen molar-refractivity contribution in [3.8, 4) is 0 Å². The molecule has 84 valence electrons. The SMILES string of the molecule is Cn1cc(/C=N\n2cnnc2)c2ccccc21. The minimum absolute atomic E-state index is 1.08. The Kier molecular flexibility index (Phi) is 2.22. The van der Waals surface area contributed by atoms with E-state index in [2.05, 4.69) is 38.2 Å². The van der Waals surface area contributed by atoms with Gasteiger partial charge in [-0.3, -0.25) is 0 Å². The molecule has 1 aromatic carbocycles. The van der Waals surface area contributed by atoms with Crippen molar-refractivity contribution in [2.24, 2.45) is 12.1 Å². The predicted molar refractivity (Wildman–Crippen MR) is 65.9 cm³/mol. The summed E-state index contributed by atoms with van der Waals surface area (Å²) in [4.78, 5) is 0. The maximum Gasteiger partial charge on any atom is 0.141 e. The first-order valence-corrected chi connectivity index (χ1v) is 5.27. The van der Waals surface area contributed by atoms with Crippen LogP contribution in [0.25, 0.3) is 10.9 Å². The highest BCUT2D eigenvalue weighted by Crippen LogP contribution is 2.18. The third-order valence-electron chi connectivity index (χ3n) is 2.66. The van der Waals surface area contributed by atoms with Gasteiger partial charge >= 0.3 is 0 Å². The van der Waals surface area contributed by atoms with Crippen LogP contribution in [0.3, 0.4) is 0 Å². The molecule has 2 heterocycles. The molecule has 0 spiro atoms. The van der Waals surface area contributed by atoms with Crippen LogP contribution in [0.2, 0.25) is 0 Å². The number of hydrogen-bond donors (Lipinski definition) is 0. The molecular formula is C12H11N5. The lowest BCUT2D eigenvalue weighted by Crippen LogP contribution is -1.86. The predicted octanol–water partition coefficient (Wildman–Crippen LogP) is 1.65. The topological polar surface area (TPSA) is 48.0 Å². The van der Waals surface area contributed by atoms with Crippen molar-refractivity contribution in [1.29, 1.82) is 0 Å². The number of aromatic nitrogens is 4. The Morgan fingerprint density at radius 3 is 2.76 bits per heavy atom. The number of nitrogens with zero attached hydrogens (tertiary/aromatic N) is 5. The summed E-state index contributed by atoms with van der Waals surface area (Å²) in [5, 5.41) is 12.8. The summed E-state index contributed by atoms with van der Waals surface area (Å²) < 4.78 is 3.66. The van der Waals surface area contributed by atoms with Crippen LogP contribution in [0.1, 0.15) is 5.56 Å². The molecule has 2 aromatic heterocycles. The summed E-state index contributed by atoms with van der Waals surface area (Å²) in [7, 11) is 2.03. The molecule has 0 atom stereocenters. The Balaban J connectivity index is 2.06. The lowest BCUT2D eigenvalue weighted by Gasteiger charge is -1.93. The first-order valence-electron chi connectivity index (χ1n) is 5.27. The van der Waals surface area contributed by atoms with Crippen LogP contribution in [0.4, 0.5) is 0 Å². The van der Waals surface area contributed by atoms with Gasteiger partial charge in [-0.2, -0.15) is 5.10 Å². The molecule has 0 aliphatic carbocycles. The normalized spacial score (nSPS) is 11.6. The van der Waals surface area contributed by atoms with Crippen molar-refractivity contribution < 1.29 is 0 Å². The number of para-hydroxylation sites is 1. The van der Waals surface area contributed by atoms with Gasteiger partial charge in [0, 0.05) is 29.7 Å².